The van der Waals surface area contributed by atoms with Crippen LogP contribution in [0.15, 0.2) is 72.8 Å². The maximum atomic E-state index is 12.7. The lowest BCUT2D eigenvalue weighted by Gasteiger charge is -2.35. The number of benzene rings is 3. The zero-order chi connectivity index (χ0) is 26.2. The molecule has 1 heterocycles. The maximum Gasteiger partial charge on any atom is 0.326 e. The Balaban J connectivity index is 1.21. The quantitative estimate of drug-likeness (QED) is 0.464. The number of carboxylic acid groups (broad SMARTS) is 1. The van der Waals surface area contributed by atoms with Crippen LogP contribution in [0, 0.1) is 0 Å². The summed E-state index contributed by atoms with van der Waals surface area (Å²) in [5, 5.41) is 14.1. The second kappa shape index (κ2) is 12.0. The van der Waals surface area contributed by atoms with Gasteiger partial charge in [-0.3, -0.25) is 14.4 Å². The van der Waals surface area contributed by atoms with Gasteiger partial charge in [0.25, 0.3) is 11.8 Å². The lowest BCUT2D eigenvalue weighted by Crippen LogP contribution is -2.52. The molecule has 4 rings (SSSR count). The van der Waals surface area contributed by atoms with Crippen LogP contribution in [0.2, 0.25) is 0 Å². The van der Waals surface area contributed by atoms with Crippen molar-refractivity contribution in [1.29, 1.82) is 0 Å². The van der Waals surface area contributed by atoms with Gasteiger partial charge in [0.1, 0.15) is 11.8 Å². The number of rotatable bonds is 9. The molecule has 0 bridgehead atoms. The van der Waals surface area contributed by atoms with E-state index in [9.17, 15) is 24.3 Å². The van der Waals surface area contributed by atoms with E-state index in [2.05, 4.69) is 5.32 Å². The minimum absolute atomic E-state index is 0.0223. The standard InChI is InChI=1S/C28H29N3O6/c32-25(13-12-24(28(35)36)29-27(34)21-7-2-1-3-8-21)30-14-16-31(17-15-30)26(33)19-37-23-11-10-20-6-4-5-9-22(20)18-23/h1-11,18,24H,12-17,19H2,(H,29,34)(H,35,36)/t24-/m0/s1. The van der Waals surface area contributed by atoms with E-state index in [1.165, 1.54) is 0 Å². The predicted octanol–water partition coefficient (Wildman–Crippen LogP) is 2.55. The number of carbonyl (C=O) groups is 4. The summed E-state index contributed by atoms with van der Waals surface area (Å²) in [6, 6.07) is 20.7. The van der Waals surface area contributed by atoms with Gasteiger partial charge in [-0.2, -0.15) is 0 Å². The van der Waals surface area contributed by atoms with Gasteiger partial charge in [0, 0.05) is 38.2 Å². The van der Waals surface area contributed by atoms with Crippen LogP contribution in [0.1, 0.15) is 23.2 Å². The molecule has 9 heteroatoms. The molecule has 1 atom stereocenters. The molecule has 0 radical (unpaired) electrons. The lowest BCUT2D eigenvalue weighted by molar-refractivity contribution is -0.142. The zero-order valence-electron chi connectivity index (χ0n) is 20.3. The molecule has 9 nitrogen and oxygen atoms in total. The molecule has 3 aromatic rings. The average molecular weight is 504 g/mol. The third kappa shape index (κ3) is 6.84. The number of piperazine rings is 1. The van der Waals surface area contributed by atoms with E-state index in [1.54, 1.807) is 40.1 Å². The van der Waals surface area contributed by atoms with Crippen LogP contribution in [-0.4, -0.2) is 77.4 Å². The first-order chi connectivity index (χ1) is 17.9. The number of carboxylic acids is 1. The van der Waals surface area contributed by atoms with E-state index in [1.807, 2.05) is 42.5 Å². The first-order valence-electron chi connectivity index (χ1n) is 12.2. The van der Waals surface area contributed by atoms with Crippen LogP contribution in [0.3, 0.4) is 0 Å². The summed E-state index contributed by atoms with van der Waals surface area (Å²) >= 11 is 0. The van der Waals surface area contributed by atoms with E-state index >= 15 is 0 Å². The molecule has 2 N–H and O–H groups in total. The molecule has 1 aliphatic rings. The summed E-state index contributed by atoms with van der Waals surface area (Å²) in [7, 11) is 0. The topological polar surface area (TPSA) is 116 Å². The Morgan fingerprint density at radius 2 is 1.43 bits per heavy atom. The summed E-state index contributed by atoms with van der Waals surface area (Å²) in [6.07, 6.45) is -0.0451. The van der Waals surface area contributed by atoms with Crippen LogP contribution in [0.4, 0.5) is 0 Å². The maximum absolute atomic E-state index is 12.7. The Morgan fingerprint density at radius 1 is 0.811 bits per heavy atom. The first-order valence-corrected chi connectivity index (χ1v) is 12.2. The highest BCUT2D eigenvalue weighted by molar-refractivity contribution is 5.96. The van der Waals surface area contributed by atoms with Gasteiger partial charge in [-0.25, -0.2) is 4.79 Å². The fraction of sp³-hybridized carbons (Fsp3) is 0.286. The molecule has 1 fully saturated rings. The van der Waals surface area contributed by atoms with Crippen molar-refractivity contribution in [3.05, 3.63) is 78.4 Å². The molecule has 37 heavy (non-hydrogen) atoms. The van der Waals surface area contributed by atoms with Crippen LogP contribution in [0.5, 0.6) is 5.75 Å². The average Bonchev–Trinajstić information content (AvgIpc) is 2.94. The Bertz CT molecular complexity index is 1270. The van der Waals surface area contributed by atoms with Gasteiger partial charge in [-0.15, -0.1) is 0 Å². The number of carbonyl (C=O) groups excluding carboxylic acids is 3. The molecule has 3 amide bonds. The molecule has 192 valence electrons. The highest BCUT2D eigenvalue weighted by atomic mass is 16.5. The highest BCUT2D eigenvalue weighted by Crippen LogP contribution is 2.20. The molecule has 0 saturated carbocycles. The number of nitrogens with zero attached hydrogens (tertiary/aromatic N) is 2. The van der Waals surface area contributed by atoms with Crippen molar-refractivity contribution in [2.75, 3.05) is 32.8 Å². The summed E-state index contributed by atoms with van der Waals surface area (Å²) in [6.45, 7) is 1.37. The fourth-order valence-corrected chi connectivity index (χ4v) is 4.21. The summed E-state index contributed by atoms with van der Waals surface area (Å²) in [4.78, 5) is 52.5. The Kier molecular flexibility index (Phi) is 8.35. The molecule has 0 spiro atoms. The number of fused-ring (bicyclic) bond motifs is 1. The minimum atomic E-state index is -1.20. The summed E-state index contributed by atoms with van der Waals surface area (Å²) in [5.74, 6) is -1.44. The molecule has 0 aromatic heterocycles. The molecule has 0 aliphatic carbocycles. The Labute approximate surface area is 214 Å². The number of aliphatic carboxylic acids is 1. The number of amides is 3. The highest BCUT2D eigenvalue weighted by Gasteiger charge is 2.27. The number of hydrogen-bond donors (Lipinski definition) is 2. The lowest BCUT2D eigenvalue weighted by atomic mass is 10.1. The third-order valence-electron chi connectivity index (χ3n) is 6.35. The Morgan fingerprint density at radius 3 is 2.11 bits per heavy atom. The van der Waals surface area contributed by atoms with E-state index in [0.717, 1.165) is 10.8 Å². The summed E-state index contributed by atoms with van der Waals surface area (Å²) < 4.78 is 5.69. The van der Waals surface area contributed by atoms with Crippen LogP contribution >= 0.6 is 0 Å². The van der Waals surface area contributed by atoms with Crippen molar-refractivity contribution in [3.63, 3.8) is 0 Å². The van der Waals surface area contributed by atoms with Crippen LogP contribution in [0.25, 0.3) is 10.8 Å². The van der Waals surface area contributed by atoms with Crippen molar-refractivity contribution in [2.24, 2.45) is 0 Å². The van der Waals surface area contributed by atoms with Gasteiger partial charge < -0.3 is 25.0 Å². The molecule has 3 aromatic carbocycles. The molecule has 1 saturated heterocycles. The number of ether oxygens (including phenoxy) is 1. The van der Waals surface area contributed by atoms with Gasteiger partial charge >= 0.3 is 5.97 Å². The van der Waals surface area contributed by atoms with Gasteiger partial charge in [0.15, 0.2) is 6.61 Å². The predicted molar refractivity (Wildman–Crippen MR) is 137 cm³/mol. The van der Waals surface area contributed by atoms with Gasteiger partial charge in [0.05, 0.1) is 0 Å². The van der Waals surface area contributed by atoms with Crippen LogP contribution in [-0.2, 0) is 14.4 Å². The number of hydrogen-bond acceptors (Lipinski definition) is 5. The molecule has 0 unspecified atom stereocenters. The summed E-state index contributed by atoms with van der Waals surface area (Å²) in [5.41, 5.74) is 0.352. The monoisotopic (exact) mass is 503 g/mol. The van der Waals surface area contributed by atoms with Crippen LogP contribution < -0.4 is 10.1 Å². The second-order valence-electron chi connectivity index (χ2n) is 8.83. The van der Waals surface area contributed by atoms with Gasteiger partial charge in [-0.1, -0.05) is 48.5 Å². The SMILES string of the molecule is O=C(N[C@@H](CCC(=O)N1CCN(C(=O)COc2ccc3ccccc3c2)CC1)C(=O)O)c1ccccc1. The van der Waals surface area contributed by atoms with E-state index < -0.39 is 17.9 Å². The normalized spacial score (nSPS) is 14.2. The van der Waals surface area contributed by atoms with E-state index in [0.29, 0.717) is 37.5 Å². The van der Waals surface area contributed by atoms with Gasteiger partial charge in [0.2, 0.25) is 5.91 Å². The van der Waals surface area contributed by atoms with E-state index in [-0.39, 0.29) is 31.3 Å². The third-order valence-corrected chi connectivity index (χ3v) is 6.35. The number of nitrogens with one attached hydrogen (secondary N) is 1. The largest absolute Gasteiger partial charge is 0.484 e. The van der Waals surface area contributed by atoms with Crippen molar-refractivity contribution in [1.82, 2.24) is 15.1 Å². The van der Waals surface area contributed by atoms with Crippen molar-refractivity contribution >= 4 is 34.5 Å². The Hall–Kier alpha value is -4.40. The van der Waals surface area contributed by atoms with Crippen molar-refractivity contribution in [2.45, 2.75) is 18.9 Å². The van der Waals surface area contributed by atoms with Crippen molar-refractivity contribution in [3.8, 4) is 5.75 Å². The second-order valence-corrected chi connectivity index (χ2v) is 8.83. The minimum Gasteiger partial charge on any atom is -0.484 e. The van der Waals surface area contributed by atoms with Gasteiger partial charge in [-0.05, 0) is 41.5 Å². The fourth-order valence-electron chi connectivity index (χ4n) is 4.21. The van der Waals surface area contributed by atoms with Crippen molar-refractivity contribution < 1.29 is 29.0 Å². The molecular formula is C28H29N3O6. The first kappa shape index (κ1) is 25.7. The van der Waals surface area contributed by atoms with E-state index in [4.69, 9.17) is 4.74 Å². The smallest absolute Gasteiger partial charge is 0.326 e. The molecular weight excluding hydrogens is 474 g/mol. The molecule has 1 aliphatic heterocycles. The zero-order valence-corrected chi connectivity index (χ0v) is 20.3.